The standard InChI is InChI=1S/C21H23N3O2S/c1-27-16-14-19(23-20(25)18-12-6-3-7-13-18)21(26)24-22-15-8-11-17-9-4-2-5-10-17/h2-13,15,19H,14,16H2,1H3,(H,23,25)(H,24,26). The second-order valence-corrected chi connectivity index (χ2v) is 6.68. The first-order valence-electron chi connectivity index (χ1n) is 8.60. The molecule has 140 valence electrons. The van der Waals surface area contributed by atoms with Crippen molar-refractivity contribution >= 4 is 35.9 Å². The van der Waals surface area contributed by atoms with E-state index in [1.54, 1.807) is 42.1 Å². The molecule has 2 amide bonds. The molecule has 0 saturated heterocycles. The van der Waals surface area contributed by atoms with Crippen LogP contribution in [0.3, 0.4) is 0 Å². The molecule has 0 fully saturated rings. The fraction of sp³-hybridized carbons (Fsp3) is 0.190. The Morgan fingerprint density at radius 2 is 1.74 bits per heavy atom. The largest absolute Gasteiger partial charge is 0.340 e. The van der Waals surface area contributed by atoms with Crippen LogP contribution in [0, 0.1) is 0 Å². The van der Waals surface area contributed by atoms with Gasteiger partial charge >= 0.3 is 0 Å². The van der Waals surface area contributed by atoms with Gasteiger partial charge in [0.2, 0.25) is 0 Å². The molecule has 2 rings (SSSR count). The number of hydrazone groups is 1. The van der Waals surface area contributed by atoms with Crippen molar-refractivity contribution < 1.29 is 9.59 Å². The number of amides is 2. The van der Waals surface area contributed by atoms with Gasteiger partial charge in [-0.1, -0.05) is 54.6 Å². The number of nitrogens with one attached hydrogen (secondary N) is 2. The van der Waals surface area contributed by atoms with E-state index in [0.717, 1.165) is 11.3 Å². The third-order valence-corrected chi connectivity index (χ3v) is 4.34. The van der Waals surface area contributed by atoms with Gasteiger partial charge in [-0.25, -0.2) is 5.43 Å². The Morgan fingerprint density at radius 1 is 1.07 bits per heavy atom. The zero-order valence-electron chi connectivity index (χ0n) is 15.2. The Bertz CT molecular complexity index is 777. The highest BCUT2D eigenvalue weighted by molar-refractivity contribution is 7.98. The van der Waals surface area contributed by atoms with E-state index in [-0.39, 0.29) is 11.8 Å². The number of thioether (sulfide) groups is 1. The summed E-state index contributed by atoms with van der Waals surface area (Å²) in [6, 6.07) is 18.0. The van der Waals surface area contributed by atoms with Crippen LogP contribution in [0.15, 0.2) is 71.8 Å². The average molecular weight is 382 g/mol. The summed E-state index contributed by atoms with van der Waals surface area (Å²) < 4.78 is 0. The molecule has 0 aliphatic rings. The van der Waals surface area contributed by atoms with E-state index in [2.05, 4.69) is 15.8 Å². The second-order valence-electron chi connectivity index (χ2n) is 5.70. The van der Waals surface area contributed by atoms with Crippen LogP contribution in [0.1, 0.15) is 22.3 Å². The average Bonchev–Trinajstić information content (AvgIpc) is 2.72. The van der Waals surface area contributed by atoms with E-state index in [1.807, 2.05) is 48.7 Å². The van der Waals surface area contributed by atoms with Gasteiger partial charge < -0.3 is 5.32 Å². The first kappa shape index (κ1) is 20.5. The quantitative estimate of drug-likeness (QED) is 0.517. The van der Waals surface area contributed by atoms with Crippen LogP contribution in [0.5, 0.6) is 0 Å². The summed E-state index contributed by atoms with van der Waals surface area (Å²) in [5.74, 6) is 0.146. The van der Waals surface area contributed by atoms with Crippen molar-refractivity contribution in [3.05, 3.63) is 77.9 Å². The predicted molar refractivity (Wildman–Crippen MR) is 113 cm³/mol. The molecule has 27 heavy (non-hydrogen) atoms. The van der Waals surface area contributed by atoms with E-state index in [1.165, 1.54) is 6.21 Å². The number of carbonyl (C=O) groups is 2. The number of hydrogen-bond acceptors (Lipinski definition) is 4. The molecule has 0 aliphatic carbocycles. The minimum Gasteiger partial charge on any atom is -0.340 e. The topological polar surface area (TPSA) is 70.6 Å². The normalized spacial score (nSPS) is 12.2. The summed E-state index contributed by atoms with van der Waals surface area (Å²) in [5.41, 5.74) is 4.06. The SMILES string of the molecule is CSCCC(NC(=O)c1ccccc1)C(=O)NN=CC=Cc1ccccc1. The molecule has 1 unspecified atom stereocenters. The number of benzene rings is 2. The van der Waals surface area contributed by atoms with Gasteiger partial charge in [0.15, 0.2) is 0 Å². The van der Waals surface area contributed by atoms with Gasteiger partial charge in [0.05, 0.1) is 0 Å². The van der Waals surface area contributed by atoms with E-state index >= 15 is 0 Å². The smallest absolute Gasteiger partial charge is 0.262 e. The maximum atomic E-state index is 12.4. The third-order valence-electron chi connectivity index (χ3n) is 3.69. The summed E-state index contributed by atoms with van der Waals surface area (Å²) >= 11 is 1.62. The first-order chi connectivity index (χ1) is 13.2. The fourth-order valence-electron chi connectivity index (χ4n) is 2.28. The van der Waals surface area contributed by atoms with Crippen LogP contribution in [-0.4, -0.2) is 36.1 Å². The Labute approximate surface area is 163 Å². The highest BCUT2D eigenvalue weighted by Gasteiger charge is 2.20. The van der Waals surface area contributed by atoms with Gasteiger partial charge in [-0.15, -0.1) is 0 Å². The molecule has 0 aromatic heterocycles. The highest BCUT2D eigenvalue weighted by atomic mass is 32.2. The van der Waals surface area contributed by atoms with Crippen molar-refractivity contribution in [3.63, 3.8) is 0 Å². The summed E-state index contributed by atoms with van der Waals surface area (Å²) in [6.07, 6.45) is 7.63. The lowest BCUT2D eigenvalue weighted by molar-refractivity contribution is -0.123. The zero-order chi connectivity index (χ0) is 19.3. The summed E-state index contributed by atoms with van der Waals surface area (Å²) in [6.45, 7) is 0. The molecule has 2 N–H and O–H groups in total. The Morgan fingerprint density at radius 3 is 2.41 bits per heavy atom. The van der Waals surface area contributed by atoms with Gasteiger partial charge in [0.1, 0.15) is 6.04 Å². The van der Waals surface area contributed by atoms with Gasteiger partial charge in [-0.05, 0) is 42.2 Å². The molecular formula is C21H23N3O2S. The van der Waals surface area contributed by atoms with Crippen LogP contribution in [0.2, 0.25) is 0 Å². The number of nitrogens with zero attached hydrogens (tertiary/aromatic N) is 1. The van der Waals surface area contributed by atoms with Crippen molar-refractivity contribution in [2.45, 2.75) is 12.5 Å². The number of carbonyl (C=O) groups excluding carboxylic acids is 2. The number of allylic oxidation sites excluding steroid dienone is 1. The van der Waals surface area contributed by atoms with E-state index in [0.29, 0.717) is 12.0 Å². The molecule has 0 saturated carbocycles. The monoisotopic (exact) mass is 381 g/mol. The maximum absolute atomic E-state index is 12.4. The van der Waals surface area contributed by atoms with Gasteiger partial charge in [0, 0.05) is 11.8 Å². The number of rotatable bonds is 9. The molecule has 6 heteroatoms. The Hall–Kier alpha value is -2.86. The Kier molecular flexibility index (Phi) is 8.86. The molecule has 0 bridgehead atoms. The highest BCUT2D eigenvalue weighted by Crippen LogP contribution is 2.04. The molecule has 1 atom stereocenters. The van der Waals surface area contributed by atoms with Crippen molar-refractivity contribution in [3.8, 4) is 0 Å². The lowest BCUT2D eigenvalue weighted by Gasteiger charge is -2.16. The minimum absolute atomic E-state index is 0.273. The zero-order valence-corrected chi connectivity index (χ0v) is 16.0. The summed E-state index contributed by atoms with van der Waals surface area (Å²) in [4.78, 5) is 24.7. The summed E-state index contributed by atoms with van der Waals surface area (Å²) in [5, 5.41) is 6.70. The van der Waals surface area contributed by atoms with Crippen LogP contribution in [0.25, 0.3) is 6.08 Å². The number of hydrogen-bond donors (Lipinski definition) is 2. The maximum Gasteiger partial charge on any atom is 0.262 e. The van der Waals surface area contributed by atoms with Crippen molar-refractivity contribution in [2.75, 3.05) is 12.0 Å². The molecule has 2 aromatic carbocycles. The molecular weight excluding hydrogens is 358 g/mol. The van der Waals surface area contributed by atoms with E-state index in [4.69, 9.17) is 0 Å². The molecule has 2 aromatic rings. The molecule has 0 radical (unpaired) electrons. The second kappa shape index (κ2) is 11.7. The summed E-state index contributed by atoms with van der Waals surface area (Å²) in [7, 11) is 0. The molecule has 0 aliphatic heterocycles. The molecule has 0 spiro atoms. The first-order valence-corrected chi connectivity index (χ1v) is 9.99. The van der Waals surface area contributed by atoms with Gasteiger partial charge in [0.25, 0.3) is 11.8 Å². The van der Waals surface area contributed by atoms with E-state index in [9.17, 15) is 9.59 Å². The molecule has 0 heterocycles. The Balaban J connectivity index is 1.90. The minimum atomic E-state index is -0.639. The van der Waals surface area contributed by atoms with Crippen molar-refractivity contribution in [1.82, 2.24) is 10.7 Å². The predicted octanol–water partition coefficient (Wildman–Crippen LogP) is 3.35. The molecule has 5 nitrogen and oxygen atoms in total. The lowest BCUT2D eigenvalue weighted by Crippen LogP contribution is -2.45. The van der Waals surface area contributed by atoms with Crippen molar-refractivity contribution in [1.29, 1.82) is 0 Å². The van der Waals surface area contributed by atoms with Gasteiger partial charge in [-0.3, -0.25) is 9.59 Å². The van der Waals surface area contributed by atoms with Crippen molar-refractivity contribution in [2.24, 2.45) is 5.10 Å². The van der Waals surface area contributed by atoms with Crippen LogP contribution >= 0.6 is 11.8 Å². The van der Waals surface area contributed by atoms with Crippen LogP contribution in [0.4, 0.5) is 0 Å². The van der Waals surface area contributed by atoms with E-state index < -0.39 is 6.04 Å². The third kappa shape index (κ3) is 7.50. The van der Waals surface area contributed by atoms with Gasteiger partial charge in [-0.2, -0.15) is 16.9 Å². The van der Waals surface area contributed by atoms with Crippen LogP contribution in [-0.2, 0) is 4.79 Å². The lowest BCUT2D eigenvalue weighted by atomic mass is 10.1. The van der Waals surface area contributed by atoms with Crippen LogP contribution < -0.4 is 10.7 Å². The fourth-order valence-corrected chi connectivity index (χ4v) is 2.75.